The van der Waals surface area contributed by atoms with Gasteiger partial charge in [0.2, 0.25) is 11.9 Å². The van der Waals surface area contributed by atoms with E-state index in [0.717, 1.165) is 44.2 Å². The first-order valence-electron chi connectivity index (χ1n) is 11.3. The number of hydrogen-bond donors (Lipinski definition) is 3. The van der Waals surface area contributed by atoms with E-state index in [2.05, 4.69) is 50.8 Å². The fourth-order valence-electron chi connectivity index (χ4n) is 5.43. The second-order valence-electron chi connectivity index (χ2n) is 9.26. The average Bonchev–Trinajstić information content (AvgIpc) is 3.38. The van der Waals surface area contributed by atoms with Crippen LogP contribution < -0.4 is 16.4 Å². The van der Waals surface area contributed by atoms with Crippen molar-refractivity contribution in [1.29, 1.82) is 0 Å². The molecule has 0 radical (unpaired) electrons. The maximum atomic E-state index is 14.5. The highest BCUT2D eigenvalue weighted by molar-refractivity contribution is 5.79. The standard InChI is InChI=1S/C24H29FN6O/c1-31-9-7-14(8-10-31)15-3-2-4-18(12-15)28-24-27-13-19(25)23(30-24)29-21-17-6-5-16(11-17)20(21)22(26)32/h2-6,12-14,16-17,20-21H,7-11H2,1H3,(H2,26,32)(H2,27,28,29,30)/t16-,17+,20+,21-/m1/s1. The van der Waals surface area contributed by atoms with Crippen molar-refractivity contribution in [1.82, 2.24) is 14.9 Å². The molecule has 1 aromatic heterocycles. The van der Waals surface area contributed by atoms with E-state index >= 15 is 0 Å². The fourth-order valence-corrected chi connectivity index (χ4v) is 5.43. The summed E-state index contributed by atoms with van der Waals surface area (Å²) in [5, 5.41) is 6.35. The zero-order chi connectivity index (χ0) is 22.2. The number of aromatic nitrogens is 2. The molecule has 1 saturated heterocycles. The smallest absolute Gasteiger partial charge is 0.229 e. The van der Waals surface area contributed by atoms with Crippen molar-refractivity contribution >= 4 is 23.4 Å². The molecule has 4 atom stereocenters. The molecule has 4 N–H and O–H groups in total. The molecule has 5 rings (SSSR count). The third kappa shape index (κ3) is 4.07. The number of piperidine rings is 1. The van der Waals surface area contributed by atoms with Crippen LogP contribution in [0.4, 0.5) is 21.8 Å². The van der Waals surface area contributed by atoms with Gasteiger partial charge in [0.15, 0.2) is 11.6 Å². The molecule has 2 bridgehead atoms. The second kappa shape index (κ2) is 8.50. The van der Waals surface area contributed by atoms with E-state index < -0.39 is 5.82 Å². The van der Waals surface area contributed by atoms with Crippen molar-refractivity contribution in [3.63, 3.8) is 0 Å². The van der Waals surface area contributed by atoms with E-state index in [-0.39, 0.29) is 35.5 Å². The number of benzene rings is 1. The largest absolute Gasteiger partial charge is 0.369 e. The Balaban J connectivity index is 1.32. The minimum atomic E-state index is -0.550. The number of nitrogens with zero attached hydrogens (tertiary/aromatic N) is 3. The Labute approximate surface area is 187 Å². The van der Waals surface area contributed by atoms with Crippen molar-refractivity contribution in [2.24, 2.45) is 23.5 Å². The molecule has 1 aliphatic heterocycles. The predicted molar refractivity (Wildman–Crippen MR) is 122 cm³/mol. The van der Waals surface area contributed by atoms with Gasteiger partial charge in [-0.25, -0.2) is 9.37 Å². The Morgan fingerprint density at radius 2 is 2.00 bits per heavy atom. The lowest BCUT2D eigenvalue weighted by Crippen LogP contribution is -2.41. The number of carbonyl (C=O) groups excluding carboxylic acids is 1. The third-order valence-electron chi connectivity index (χ3n) is 7.17. The van der Waals surface area contributed by atoms with Gasteiger partial charge in [-0.2, -0.15) is 4.98 Å². The number of halogens is 1. The van der Waals surface area contributed by atoms with Crippen LogP contribution in [0.2, 0.25) is 0 Å². The Kier molecular flexibility index (Phi) is 5.55. The van der Waals surface area contributed by atoms with Crippen LogP contribution in [-0.4, -0.2) is 47.0 Å². The average molecular weight is 437 g/mol. The monoisotopic (exact) mass is 436 g/mol. The molecule has 7 nitrogen and oxygen atoms in total. The molecule has 0 unspecified atom stereocenters. The van der Waals surface area contributed by atoms with E-state index in [4.69, 9.17) is 5.73 Å². The summed E-state index contributed by atoms with van der Waals surface area (Å²) < 4.78 is 14.5. The number of nitrogens with one attached hydrogen (secondary N) is 2. The maximum absolute atomic E-state index is 14.5. The summed E-state index contributed by atoms with van der Waals surface area (Å²) in [6, 6.07) is 8.01. The molecule has 8 heteroatoms. The number of carbonyl (C=O) groups is 1. The zero-order valence-corrected chi connectivity index (χ0v) is 18.2. The fraction of sp³-hybridized carbons (Fsp3) is 0.458. The van der Waals surface area contributed by atoms with Crippen LogP contribution >= 0.6 is 0 Å². The SMILES string of the molecule is CN1CCC(c2cccc(Nc3ncc(F)c(N[C@H]4[C@@H](C(N)=O)[C@@H]5C=C[C@H]4C5)n3)c2)CC1. The first-order chi connectivity index (χ1) is 15.5. The highest BCUT2D eigenvalue weighted by Crippen LogP contribution is 2.45. The summed E-state index contributed by atoms with van der Waals surface area (Å²) in [4.78, 5) is 22.8. The van der Waals surface area contributed by atoms with Gasteiger partial charge in [-0.05, 0) is 74.8 Å². The van der Waals surface area contributed by atoms with Crippen molar-refractivity contribution in [3.05, 3.63) is 54.0 Å². The summed E-state index contributed by atoms with van der Waals surface area (Å²) >= 11 is 0. The number of fused-ring (bicyclic) bond motifs is 2. The maximum Gasteiger partial charge on any atom is 0.229 e. The second-order valence-corrected chi connectivity index (χ2v) is 9.26. The number of likely N-dealkylation sites (tertiary alicyclic amines) is 1. The molecule has 32 heavy (non-hydrogen) atoms. The number of primary amides is 1. The molecule has 2 heterocycles. The van der Waals surface area contributed by atoms with E-state index in [1.807, 2.05) is 18.2 Å². The van der Waals surface area contributed by atoms with Crippen LogP contribution in [0.15, 0.2) is 42.6 Å². The van der Waals surface area contributed by atoms with Crippen LogP contribution in [0, 0.1) is 23.6 Å². The van der Waals surface area contributed by atoms with Gasteiger partial charge in [-0.3, -0.25) is 4.79 Å². The number of allylic oxidation sites excluding steroid dienone is 1. The van der Waals surface area contributed by atoms with Crippen LogP contribution in [0.25, 0.3) is 0 Å². The van der Waals surface area contributed by atoms with Crippen LogP contribution in [0.5, 0.6) is 0 Å². The molecular formula is C24H29FN6O. The summed E-state index contributed by atoms with van der Waals surface area (Å²) in [7, 11) is 2.16. The lowest BCUT2D eigenvalue weighted by molar-refractivity contribution is -0.122. The van der Waals surface area contributed by atoms with Gasteiger partial charge in [0.05, 0.1) is 12.1 Å². The van der Waals surface area contributed by atoms with Crippen LogP contribution in [0.1, 0.15) is 30.7 Å². The highest BCUT2D eigenvalue weighted by atomic mass is 19.1. The van der Waals surface area contributed by atoms with Crippen molar-refractivity contribution in [2.45, 2.75) is 31.2 Å². The quantitative estimate of drug-likeness (QED) is 0.602. The molecule has 1 saturated carbocycles. The minimum absolute atomic E-state index is 0.0890. The molecule has 2 fully saturated rings. The molecule has 3 aliphatic rings. The molecule has 0 spiro atoms. The number of hydrogen-bond acceptors (Lipinski definition) is 6. The lowest BCUT2D eigenvalue weighted by atomic mass is 9.88. The molecule has 1 aromatic carbocycles. The Morgan fingerprint density at radius 1 is 1.22 bits per heavy atom. The minimum Gasteiger partial charge on any atom is -0.369 e. The van der Waals surface area contributed by atoms with E-state index in [1.165, 1.54) is 5.56 Å². The van der Waals surface area contributed by atoms with Crippen LogP contribution in [0.3, 0.4) is 0 Å². The zero-order valence-electron chi connectivity index (χ0n) is 18.2. The first kappa shape index (κ1) is 20.9. The third-order valence-corrected chi connectivity index (χ3v) is 7.17. The van der Waals surface area contributed by atoms with E-state index in [0.29, 0.717) is 11.9 Å². The van der Waals surface area contributed by atoms with Gasteiger partial charge in [0.1, 0.15) is 0 Å². The number of amides is 1. The van der Waals surface area contributed by atoms with E-state index in [9.17, 15) is 9.18 Å². The summed E-state index contributed by atoms with van der Waals surface area (Å²) in [6.07, 6.45) is 8.40. The number of nitrogens with two attached hydrogens (primary N) is 1. The van der Waals surface area contributed by atoms with Gasteiger partial charge in [0, 0.05) is 11.7 Å². The summed E-state index contributed by atoms with van der Waals surface area (Å²) in [6.45, 7) is 2.20. The van der Waals surface area contributed by atoms with Gasteiger partial charge in [0.25, 0.3) is 0 Å². The number of anilines is 3. The first-order valence-corrected chi connectivity index (χ1v) is 11.3. The summed E-state index contributed by atoms with van der Waals surface area (Å²) in [5.74, 6) is -0.0782. The van der Waals surface area contributed by atoms with Gasteiger partial charge in [-0.1, -0.05) is 24.3 Å². The molecule has 168 valence electrons. The predicted octanol–water partition coefficient (Wildman–Crippen LogP) is 3.26. The molecule has 2 aliphatic carbocycles. The highest BCUT2D eigenvalue weighted by Gasteiger charge is 2.47. The normalized spacial score (nSPS) is 27.6. The molecule has 1 amide bonds. The molecule has 2 aromatic rings. The van der Waals surface area contributed by atoms with Crippen molar-refractivity contribution in [2.75, 3.05) is 30.8 Å². The van der Waals surface area contributed by atoms with Crippen LogP contribution in [-0.2, 0) is 4.79 Å². The lowest BCUT2D eigenvalue weighted by Gasteiger charge is -2.29. The Bertz CT molecular complexity index is 1030. The Morgan fingerprint density at radius 3 is 2.78 bits per heavy atom. The van der Waals surface area contributed by atoms with Gasteiger partial charge < -0.3 is 21.3 Å². The van der Waals surface area contributed by atoms with E-state index in [1.54, 1.807) is 0 Å². The van der Waals surface area contributed by atoms with Gasteiger partial charge >= 0.3 is 0 Å². The van der Waals surface area contributed by atoms with Crippen molar-refractivity contribution in [3.8, 4) is 0 Å². The molecular weight excluding hydrogens is 407 g/mol. The summed E-state index contributed by atoms with van der Waals surface area (Å²) in [5.41, 5.74) is 7.79. The van der Waals surface area contributed by atoms with Gasteiger partial charge in [-0.15, -0.1) is 0 Å². The number of rotatable bonds is 6. The van der Waals surface area contributed by atoms with Crippen molar-refractivity contribution < 1.29 is 9.18 Å². The topological polar surface area (TPSA) is 96.2 Å². The Hall–Kier alpha value is -3.00.